The standard InChI is InChI=1S/C11H19N3O/c1-12-8-7-10-13-14-11(15-10)9-5-3-2-4-6-9/h9,12H,2-8H2,1H3. The molecule has 0 saturated heterocycles. The Morgan fingerprint density at radius 2 is 2.07 bits per heavy atom. The van der Waals surface area contributed by atoms with Crippen LogP contribution in [0.1, 0.15) is 49.8 Å². The molecule has 0 amide bonds. The van der Waals surface area contributed by atoms with E-state index in [1.54, 1.807) is 0 Å². The average Bonchev–Trinajstić information content (AvgIpc) is 2.76. The molecule has 1 aliphatic carbocycles. The summed E-state index contributed by atoms with van der Waals surface area (Å²) in [5.74, 6) is 2.15. The molecule has 1 aromatic rings. The number of likely N-dealkylation sites (N-methyl/N-ethyl adjacent to an activating group) is 1. The van der Waals surface area contributed by atoms with Gasteiger partial charge in [-0.3, -0.25) is 0 Å². The summed E-state index contributed by atoms with van der Waals surface area (Å²) in [4.78, 5) is 0. The first-order valence-corrected chi connectivity index (χ1v) is 5.87. The van der Waals surface area contributed by atoms with Crippen molar-refractivity contribution in [2.45, 2.75) is 44.4 Å². The van der Waals surface area contributed by atoms with Gasteiger partial charge in [0, 0.05) is 18.9 Å². The maximum absolute atomic E-state index is 5.66. The molecule has 0 unspecified atom stereocenters. The van der Waals surface area contributed by atoms with Gasteiger partial charge < -0.3 is 9.73 Å². The average molecular weight is 209 g/mol. The van der Waals surface area contributed by atoms with Crippen LogP contribution < -0.4 is 5.32 Å². The van der Waals surface area contributed by atoms with Crippen LogP contribution in [0.25, 0.3) is 0 Å². The molecule has 1 aromatic heterocycles. The van der Waals surface area contributed by atoms with Crippen molar-refractivity contribution in [1.82, 2.24) is 15.5 Å². The van der Waals surface area contributed by atoms with Crippen molar-refractivity contribution in [2.75, 3.05) is 13.6 Å². The van der Waals surface area contributed by atoms with E-state index in [1.807, 2.05) is 7.05 Å². The highest BCUT2D eigenvalue weighted by Crippen LogP contribution is 2.31. The third-order valence-corrected chi connectivity index (χ3v) is 3.03. The number of hydrogen-bond acceptors (Lipinski definition) is 4. The molecule has 4 heteroatoms. The predicted molar refractivity (Wildman–Crippen MR) is 57.8 cm³/mol. The minimum Gasteiger partial charge on any atom is -0.425 e. The molecule has 15 heavy (non-hydrogen) atoms. The van der Waals surface area contributed by atoms with Gasteiger partial charge in [-0.1, -0.05) is 19.3 Å². The first-order valence-electron chi connectivity index (χ1n) is 5.87. The van der Waals surface area contributed by atoms with E-state index < -0.39 is 0 Å². The number of nitrogens with zero attached hydrogens (tertiary/aromatic N) is 2. The van der Waals surface area contributed by atoms with Crippen LogP contribution in [-0.4, -0.2) is 23.8 Å². The Balaban J connectivity index is 1.93. The van der Waals surface area contributed by atoms with E-state index in [0.29, 0.717) is 5.92 Å². The van der Waals surface area contributed by atoms with Gasteiger partial charge in [-0.05, 0) is 19.9 Å². The molecule has 84 valence electrons. The second-order valence-corrected chi connectivity index (χ2v) is 4.22. The van der Waals surface area contributed by atoms with Crippen molar-refractivity contribution in [3.8, 4) is 0 Å². The highest BCUT2D eigenvalue weighted by Gasteiger charge is 2.20. The second kappa shape index (κ2) is 5.26. The number of rotatable bonds is 4. The zero-order valence-corrected chi connectivity index (χ0v) is 9.33. The van der Waals surface area contributed by atoms with Crippen LogP contribution in [0.4, 0.5) is 0 Å². The first kappa shape index (κ1) is 10.6. The Labute approximate surface area is 90.5 Å². The Hall–Kier alpha value is -0.900. The fourth-order valence-corrected chi connectivity index (χ4v) is 2.11. The maximum Gasteiger partial charge on any atom is 0.219 e. The first-order chi connectivity index (χ1) is 7.40. The lowest BCUT2D eigenvalue weighted by atomic mass is 9.89. The largest absolute Gasteiger partial charge is 0.425 e. The predicted octanol–water partition coefficient (Wildman–Crippen LogP) is 1.88. The summed E-state index contributed by atoms with van der Waals surface area (Å²) in [5, 5.41) is 11.3. The lowest BCUT2D eigenvalue weighted by Crippen LogP contribution is -2.10. The van der Waals surface area contributed by atoms with Crippen LogP contribution in [0.2, 0.25) is 0 Å². The van der Waals surface area contributed by atoms with Crippen LogP contribution >= 0.6 is 0 Å². The number of hydrogen-bond donors (Lipinski definition) is 1. The number of nitrogens with one attached hydrogen (secondary N) is 1. The van der Waals surface area contributed by atoms with Gasteiger partial charge in [0.05, 0.1) is 0 Å². The van der Waals surface area contributed by atoms with E-state index >= 15 is 0 Å². The van der Waals surface area contributed by atoms with Crippen LogP contribution in [0, 0.1) is 0 Å². The molecule has 0 aromatic carbocycles. The van der Waals surface area contributed by atoms with Crippen LogP contribution in [-0.2, 0) is 6.42 Å². The molecular weight excluding hydrogens is 190 g/mol. The van der Waals surface area contributed by atoms with Crippen molar-refractivity contribution >= 4 is 0 Å². The molecule has 0 radical (unpaired) electrons. The normalized spacial score (nSPS) is 18.2. The summed E-state index contributed by atoms with van der Waals surface area (Å²) in [6.45, 7) is 0.895. The van der Waals surface area contributed by atoms with E-state index in [0.717, 1.165) is 24.7 Å². The van der Waals surface area contributed by atoms with E-state index in [1.165, 1.54) is 32.1 Å². The molecule has 1 N–H and O–H groups in total. The SMILES string of the molecule is CNCCc1nnc(C2CCCCC2)o1. The molecule has 0 bridgehead atoms. The molecule has 1 aliphatic rings. The summed E-state index contributed by atoms with van der Waals surface area (Å²) < 4.78 is 5.66. The highest BCUT2D eigenvalue weighted by molar-refractivity contribution is 4.93. The molecule has 0 aliphatic heterocycles. The zero-order valence-electron chi connectivity index (χ0n) is 9.33. The van der Waals surface area contributed by atoms with Crippen molar-refractivity contribution < 1.29 is 4.42 Å². The van der Waals surface area contributed by atoms with Crippen LogP contribution in [0.5, 0.6) is 0 Å². The Morgan fingerprint density at radius 3 is 2.80 bits per heavy atom. The summed E-state index contributed by atoms with van der Waals surface area (Å²) in [7, 11) is 1.93. The summed E-state index contributed by atoms with van der Waals surface area (Å²) in [6.07, 6.45) is 7.23. The maximum atomic E-state index is 5.66. The summed E-state index contributed by atoms with van der Waals surface area (Å²) in [5.41, 5.74) is 0. The van der Waals surface area contributed by atoms with E-state index in [9.17, 15) is 0 Å². The van der Waals surface area contributed by atoms with Crippen molar-refractivity contribution in [3.63, 3.8) is 0 Å². The van der Waals surface area contributed by atoms with Gasteiger partial charge in [0.15, 0.2) is 0 Å². The van der Waals surface area contributed by atoms with Crippen LogP contribution in [0.15, 0.2) is 4.42 Å². The van der Waals surface area contributed by atoms with Gasteiger partial charge in [-0.2, -0.15) is 0 Å². The molecule has 0 spiro atoms. The molecule has 1 fully saturated rings. The lowest BCUT2D eigenvalue weighted by Gasteiger charge is -2.17. The lowest BCUT2D eigenvalue weighted by molar-refractivity contribution is 0.350. The topological polar surface area (TPSA) is 51.0 Å². The van der Waals surface area contributed by atoms with E-state index in [-0.39, 0.29) is 0 Å². The van der Waals surface area contributed by atoms with Crippen molar-refractivity contribution in [2.24, 2.45) is 0 Å². The summed E-state index contributed by atoms with van der Waals surface area (Å²) >= 11 is 0. The minimum absolute atomic E-state index is 0.523. The molecule has 0 atom stereocenters. The Bertz CT molecular complexity index is 292. The molecular formula is C11H19N3O. The zero-order chi connectivity index (χ0) is 10.5. The van der Waals surface area contributed by atoms with Crippen LogP contribution in [0.3, 0.4) is 0 Å². The Morgan fingerprint density at radius 1 is 1.27 bits per heavy atom. The van der Waals surface area contributed by atoms with E-state index in [4.69, 9.17) is 4.42 Å². The molecule has 1 heterocycles. The molecule has 1 saturated carbocycles. The van der Waals surface area contributed by atoms with Gasteiger partial charge in [0.25, 0.3) is 0 Å². The highest BCUT2D eigenvalue weighted by atomic mass is 16.4. The van der Waals surface area contributed by atoms with Crippen molar-refractivity contribution in [1.29, 1.82) is 0 Å². The van der Waals surface area contributed by atoms with Gasteiger partial charge in [0.1, 0.15) is 0 Å². The Kier molecular flexibility index (Phi) is 3.72. The monoisotopic (exact) mass is 209 g/mol. The van der Waals surface area contributed by atoms with Gasteiger partial charge in [-0.15, -0.1) is 10.2 Å². The molecule has 4 nitrogen and oxygen atoms in total. The fraction of sp³-hybridized carbons (Fsp3) is 0.818. The minimum atomic E-state index is 0.523. The van der Waals surface area contributed by atoms with Gasteiger partial charge in [-0.25, -0.2) is 0 Å². The van der Waals surface area contributed by atoms with E-state index in [2.05, 4.69) is 15.5 Å². The molecule has 2 rings (SSSR count). The third-order valence-electron chi connectivity index (χ3n) is 3.03. The van der Waals surface area contributed by atoms with Gasteiger partial charge >= 0.3 is 0 Å². The fourth-order valence-electron chi connectivity index (χ4n) is 2.11. The smallest absolute Gasteiger partial charge is 0.219 e. The quantitative estimate of drug-likeness (QED) is 0.822. The van der Waals surface area contributed by atoms with Gasteiger partial charge in [0.2, 0.25) is 11.8 Å². The second-order valence-electron chi connectivity index (χ2n) is 4.22. The van der Waals surface area contributed by atoms with Crippen molar-refractivity contribution in [3.05, 3.63) is 11.8 Å². The summed E-state index contributed by atoms with van der Waals surface area (Å²) in [6, 6.07) is 0. The third kappa shape index (κ3) is 2.78. The number of aromatic nitrogens is 2.